The van der Waals surface area contributed by atoms with E-state index < -0.39 is 11.9 Å². The molecule has 34 heavy (non-hydrogen) atoms. The van der Waals surface area contributed by atoms with E-state index in [-0.39, 0.29) is 17.9 Å². The lowest BCUT2D eigenvalue weighted by atomic mass is 10.1. The first-order valence-electron chi connectivity index (χ1n) is 10.7. The number of benzene rings is 2. The van der Waals surface area contributed by atoms with Crippen LogP contribution in [0.4, 0.5) is 5.69 Å². The minimum Gasteiger partial charge on any atom is -0.461 e. The van der Waals surface area contributed by atoms with Crippen LogP contribution in [0.15, 0.2) is 95.0 Å². The average molecular weight is 469 g/mol. The number of carbonyl (C=O) groups excluding carboxylic acids is 2. The fourth-order valence-corrected chi connectivity index (χ4v) is 4.34. The number of hydrogen-bond acceptors (Lipinski definition) is 6. The Labute approximate surface area is 200 Å². The van der Waals surface area contributed by atoms with Crippen LogP contribution >= 0.6 is 11.3 Å². The largest absolute Gasteiger partial charge is 0.461 e. The van der Waals surface area contributed by atoms with Crippen molar-refractivity contribution in [2.45, 2.75) is 6.92 Å². The number of rotatable bonds is 6. The molecule has 8 heteroatoms. The molecule has 5 rings (SSSR count). The highest BCUT2D eigenvalue weighted by molar-refractivity contribution is 7.13. The second-order valence-electron chi connectivity index (χ2n) is 7.37. The minimum absolute atomic E-state index is 0.0275. The Morgan fingerprint density at radius 2 is 1.71 bits per heavy atom. The molecule has 0 fully saturated rings. The molecule has 0 atom stereocenters. The number of ether oxygens (including phenoxy) is 1. The van der Waals surface area contributed by atoms with E-state index in [1.165, 1.54) is 5.01 Å². The van der Waals surface area contributed by atoms with Crippen molar-refractivity contribution in [1.82, 2.24) is 9.78 Å². The summed E-state index contributed by atoms with van der Waals surface area (Å²) in [7, 11) is 0. The Bertz CT molecular complexity index is 1390. The summed E-state index contributed by atoms with van der Waals surface area (Å²) in [4.78, 5) is 27.1. The maximum atomic E-state index is 13.4. The van der Waals surface area contributed by atoms with Crippen LogP contribution in [0.2, 0.25) is 0 Å². The van der Waals surface area contributed by atoms with Crippen molar-refractivity contribution in [3.05, 3.63) is 95.5 Å². The molecule has 2 aromatic heterocycles. The van der Waals surface area contributed by atoms with Crippen LogP contribution in [0.5, 0.6) is 0 Å². The first-order valence-corrected chi connectivity index (χ1v) is 11.6. The topological polar surface area (TPSA) is 76.8 Å². The van der Waals surface area contributed by atoms with Gasteiger partial charge in [0.25, 0.3) is 5.91 Å². The second kappa shape index (κ2) is 9.29. The number of esters is 1. The third kappa shape index (κ3) is 4.06. The Hall–Kier alpha value is -4.30. The lowest BCUT2D eigenvalue weighted by Gasteiger charge is -2.10. The van der Waals surface area contributed by atoms with E-state index in [1.807, 2.05) is 72.2 Å². The van der Waals surface area contributed by atoms with Crippen LogP contribution in [0.1, 0.15) is 12.5 Å². The molecule has 3 heterocycles. The molecular formula is C26H20N4O3S. The van der Waals surface area contributed by atoms with Crippen molar-refractivity contribution in [3.8, 4) is 16.3 Å². The number of anilines is 1. The molecule has 1 aliphatic rings. The zero-order valence-electron chi connectivity index (χ0n) is 18.3. The van der Waals surface area contributed by atoms with Crippen molar-refractivity contribution in [3.63, 3.8) is 0 Å². The normalized spacial score (nSPS) is 14.5. The molecule has 0 spiro atoms. The molecule has 0 saturated heterocycles. The number of hydrazone groups is 1. The first kappa shape index (κ1) is 21.5. The van der Waals surface area contributed by atoms with E-state index in [1.54, 1.807) is 41.2 Å². The van der Waals surface area contributed by atoms with E-state index in [2.05, 4.69) is 5.10 Å². The van der Waals surface area contributed by atoms with Crippen LogP contribution in [-0.4, -0.2) is 34.0 Å². The SMILES string of the molecule is CCOC(=O)C1=NN(c2ccccc2)C(=O)/C1=C/c1cn(-c2ccccc2)nc1-c1cccs1. The van der Waals surface area contributed by atoms with Crippen LogP contribution in [-0.2, 0) is 14.3 Å². The molecule has 0 unspecified atom stereocenters. The smallest absolute Gasteiger partial charge is 0.359 e. The molecule has 4 aromatic rings. The summed E-state index contributed by atoms with van der Waals surface area (Å²) in [6.45, 7) is 1.89. The highest BCUT2D eigenvalue weighted by Gasteiger charge is 2.36. The maximum Gasteiger partial charge on any atom is 0.359 e. The summed E-state index contributed by atoms with van der Waals surface area (Å²) < 4.78 is 6.96. The van der Waals surface area contributed by atoms with Gasteiger partial charge in [-0.05, 0) is 48.7 Å². The van der Waals surface area contributed by atoms with Crippen LogP contribution in [0.25, 0.3) is 22.3 Å². The van der Waals surface area contributed by atoms with Gasteiger partial charge in [0.2, 0.25) is 0 Å². The number of thiophene rings is 1. The van der Waals surface area contributed by atoms with Gasteiger partial charge in [-0.1, -0.05) is 42.5 Å². The number of aromatic nitrogens is 2. The van der Waals surface area contributed by atoms with Gasteiger partial charge in [-0.3, -0.25) is 4.79 Å². The Kier molecular flexibility index (Phi) is 5.88. The first-order chi connectivity index (χ1) is 16.7. The third-order valence-corrected chi connectivity index (χ3v) is 6.04. The molecule has 1 amide bonds. The predicted molar refractivity (Wildman–Crippen MR) is 133 cm³/mol. The van der Waals surface area contributed by atoms with Gasteiger partial charge >= 0.3 is 5.97 Å². The molecule has 2 aromatic carbocycles. The lowest BCUT2D eigenvalue weighted by molar-refractivity contribution is -0.135. The quantitative estimate of drug-likeness (QED) is 0.296. The van der Waals surface area contributed by atoms with Gasteiger partial charge in [0.1, 0.15) is 5.69 Å². The van der Waals surface area contributed by atoms with E-state index in [0.29, 0.717) is 16.9 Å². The third-order valence-electron chi connectivity index (χ3n) is 5.17. The zero-order chi connectivity index (χ0) is 23.5. The molecule has 0 N–H and O–H groups in total. The van der Waals surface area contributed by atoms with E-state index >= 15 is 0 Å². The molecule has 0 saturated carbocycles. The molecule has 0 bridgehead atoms. The van der Waals surface area contributed by atoms with Crippen molar-refractivity contribution in [2.24, 2.45) is 5.10 Å². The Morgan fingerprint density at radius 1 is 1.00 bits per heavy atom. The standard InChI is InChI=1S/C26H20N4O3S/c1-2-33-26(32)24-21(25(31)30(28-24)20-12-7-4-8-13-20)16-18-17-29(19-10-5-3-6-11-19)27-23(18)22-14-9-15-34-22/h3-17H,2H2,1H3/b21-16+. The summed E-state index contributed by atoms with van der Waals surface area (Å²) in [5.74, 6) is -1.05. The van der Waals surface area contributed by atoms with E-state index in [4.69, 9.17) is 9.84 Å². The maximum absolute atomic E-state index is 13.4. The van der Waals surface area contributed by atoms with Crippen molar-refractivity contribution in [1.29, 1.82) is 0 Å². The Balaban J connectivity index is 1.63. The number of carbonyl (C=O) groups is 2. The summed E-state index contributed by atoms with van der Waals surface area (Å²) in [6, 6.07) is 22.6. The predicted octanol–water partition coefficient (Wildman–Crippen LogP) is 4.95. The van der Waals surface area contributed by atoms with E-state index in [9.17, 15) is 9.59 Å². The monoisotopic (exact) mass is 468 g/mol. The van der Waals surface area contributed by atoms with Gasteiger partial charge in [-0.2, -0.15) is 15.2 Å². The summed E-state index contributed by atoms with van der Waals surface area (Å²) in [6.07, 6.45) is 3.52. The molecule has 0 radical (unpaired) electrons. The molecule has 7 nitrogen and oxygen atoms in total. The van der Waals surface area contributed by atoms with Crippen LogP contribution in [0.3, 0.4) is 0 Å². The van der Waals surface area contributed by atoms with Crippen molar-refractivity contribution < 1.29 is 14.3 Å². The van der Waals surface area contributed by atoms with Gasteiger partial charge in [0.15, 0.2) is 5.71 Å². The van der Waals surface area contributed by atoms with Crippen LogP contribution in [0, 0.1) is 0 Å². The minimum atomic E-state index is -0.645. The number of hydrogen-bond donors (Lipinski definition) is 0. The van der Waals surface area contributed by atoms with Crippen LogP contribution < -0.4 is 5.01 Å². The van der Waals surface area contributed by atoms with Gasteiger partial charge in [0, 0.05) is 11.8 Å². The van der Waals surface area contributed by atoms with Crippen molar-refractivity contribution >= 4 is 40.7 Å². The average Bonchev–Trinajstić information content (AvgIpc) is 3.61. The Morgan fingerprint density at radius 3 is 2.35 bits per heavy atom. The van der Waals surface area contributed by atoms with Gasteiger partial charge in [0.05, 0.1) is 28.4 Å². The summed E-state index contributed by atoms with van der Waals surface area (Å²) >= 11 is 1.55. The van der Waals surface area contributed by atoms with Gasteiger partial charge in [-0.15, -0.1) is 11.3 Å². The van der Waals surface area contributed by atoms with Crippen molar-refractivity contribution in [2.75, 3.05) is 11.6 Å². The lowest BCUT2D eigenvalue weighted by Crippen LogP contribution is -2.22. The second-order valence-corrected chi connectivity index (χ2v) is 8.32. The molecule has 0 aliphatic carbocycles. The van der Waals surface area contributed by atoms with Gasteiger partial charge in [-0.25, -0.2) is 9.48 Å². The molecule has 1 aliphatic heterocycles. The fourth-order valence-electron chi connectivity index (χ4n) is 3.61. The highest BCUT2D eigenvalue weighted by atomic mass is 32.1. The number of amides is 1. The number of para-hydroxylation sites is 2. The summed E-state index contributed by atoms with van der Waals surface area (Å²) in [5, 5.41) is 12.3. The number of nitrogens with zero attached hydrogens (tertiary/aromatic N) is 4. The molecular weight excluding hydrogens is 448 g/mol. The fraction of sp³-hybridized carbons (Fsp3) is 0.0769. The highest BCUT2D eigenvalue weighted by Crippen LogP contribution is 2.31. The van der Waals surface area contributed by atoms with Gasteiger partial charge < -0.3 is 4.74 Å². The molecule has 168 valence electrons. The summed E-state index contributed by atoms with van der Waals surface area (Å²) in [5.41, 5.74) is 2.99. The van der Waals surface area contributed by atoms with E-state index in [0.717, 1.165) is 10.6 Å². The zero-order valence-corrected chi connectivity index (χ0v) is 19.1.